The third-order valence-electron chi connectivity index (χ3n) is 3.87. The Balaban J connectivity index is 2.42. The number of aryl methyl sites for hydroxylation is 1. The van der Waals surface area contributed by atoms with Gasteiger partial charge < -0.3 is 14.4 Å². The van der Waals surface area contributed by atoms with Gasteiger partial charge in [-0.2, -0.15) is 0 Å². The summed E-state index contributed by atoms with van der Waals surface area (Å²) in [4.78, 5) is 36.0. The van der Waals surface area contributed by atoms with Crippen LogP contribution in [0.25, 0.3) is 0 Å². The van der Waals surface area contributed by atoms with E-state index in [4.69, 9.17) is 14.0 Å². The summed E-state index contributed by atoms with van der Waals surface area (Å²) < 4.78 is 30.3. The molecular weight excluding hydrogens is 351 g/mol. The Kier molecular flexibility index (Phi) is 6.06. The van der Waals surface area contributed by atoms with E-state index >= 15 is 0 Å². The summed E-state index contributed by atoms with van der Waals surface area (Å²) in [6, 6.07) is 0. The molecule has 0 aromatic carbocycles. The van der Waals surface area contributed by atoms with Crippen molar-refractivity contribution in [3.63, 3.8) is 0 Å². The van der Waals surface area contributed by atoms with E-state index in [0.29, 0.717) is 5.56 Å². The molecule has 9 nitrogen and oxygen atoms in total. The molecule has 0 bridgehead atoms. The van der Waals surface area contributed by atoms with Crippen molar-refractivity contribution in [1.82, 2.24) is 9.55 Å². The Labute approximate surface area is 145 Å². The van der Waals surface area contributed by atoms with E-state index in [1.165, 1.54) is 6.20 Å². The monoisotopic (exact) mass is 376 g/mol. The standard InChI is InChI=1S/C15H25N2O7P/c1-8(2)23-11-7-22-14(12(11)24-25(20,21)9(3)4)17-6-10(5)13(18)16-15(17)19/h6,8-9,11-12,14H,7H2,1-5H3,(H,20,21)(H,16,18,19)/t11?,12-,14+/m0/s1. The first-order chi connectivity index (χ1) is 11.5. The predicted molar refractivity (Wildman–Crippen MR) is 90.9 cm³/mol. The van der Waals surface area contributed by atoms with Crippen molar-refractivity contribution < 1.29 is 23.5 Å². The molecule has 4 atom stereocenters. The minimum atomic E-state index is -3.94. The van der Waals surface area contributed by atoms with Gasteiger partial charge in [-0.1, -0.05) is 13.8 Å². The summed E-state index contributed by atoms with van der Waals surface area (Å²) in [6.45, 7) is 8.42. The summed E-state index contributed by atoms with van der Waals surface area (Å²) in [5, 5.41) is 0. The van der Waals surface area contributed by atoms with Gasteiger partial charge in [0.05, 0.1) is 18.4 Å². The molecule has 1 fully saturated rings. The van der Waals surface area contributed by atoms with Crippen molar-refractivity contribution in [2.75, 3.05) is 6.61 Å². The molecule has 2 rings (SSSR count). The normalized spacial score (nSPS) is 26.3. The fraction of sp³-hybridized carbons (Fsp3) is 0.733. The molecule has 142 valence electrons. The Bertz CT molecular complexity index is 770. The van der Waals surface area contributed by atoms with Crippen LogP contribution in [0.5, 0.6) is 0 Å². The summed E-state index contributed by atoms with van der Waals surface area (Å²) >= 11 is 0. The Morgan fingerprint density at radius 3 is 2.56 bits per heavy atom. The largest absolute Gasteiger partial charge is 0.370 e. The molecule has 1 aliphatic rings. The predicted octanol–water partition coefficient (Wildman–Crippen LogP) is 1.15. The minimum absolute atomic E-state index is 0.0935. The van der Waals surface area contributed by atoms with Gasteiger partial charge in [-0.25, -0.2) is 4.79 Å². The molecule has 1 aliphatic heterocycles. The lowest BCUT2D eigenvalue weighted by atomic mass is 10.2. The third-order valence-corrected chi connectivity index (χ3v) is 5.72. The maximum absolute atomic E-state index is 12.4. The lowest BCUT2D eigenvalue weighted by Crippen LogP contribution is -2.40. The molecule has 2 heterocycles. The highest BCUT2D eigenvalue weighted by molar-refractivity contribution is 7.53. The second-order valence-corrected chi connectivity index (χ2v) is 9.03. The van der Waals surface area contributed by atoms with Crippen molar-refractivity contribution in [1.29, 1.82) is 0 Å². The molecule has 2 unspecified atom stereocenters. The first-order valence-electron chi connectivity index (χ1n) is 8.13. The van der Waals surface area contributed by atoms with E-state index in [1.54, 1.807) is 20.8 Å². The van der Waals surface area contributed by atoms with E-state index in [2.05, 4.69) is 4.98 Å². The van der Waals surface area contributed by atoms with Crippen molar-refractivity contribution in [3.05, 3.63) is 32.6 Å². The van der Waals surface area contributed by atoms with Gasteiger partial charge in [0.15, 0.2) is 6.23 Å². The number of H-pyrrole nitrogens is 1. The van der Waals surface area contributed by atoms with Gasteiger partial charge in [0, 0.05) is 11.8 Å². The van der Waals surface area contributed by atoms with Crippen molar-refractivity contribution >= 4 is 7.60 Å². The Morgan fingerprint density at radius 1 is 1.36 bits per heavy atom. The molecule has 0 amide bonds. The minimum Gasteiger partial charge on any atom is -0.370 e. The van der Waals surface area contributed by atoms with Crippen LogP contribution in [0.3, 0.4) is 0 Å². The van der Waals surface area contributed by atoms with Crippen LogP contribution in [0, 0.1) is 6.92 Å². The van der Waals surface area contributed by atoms with Crippen LogP contribution in [-0.4, -0.2) is 45.0 Å². The molecule has 2 N–H and O–H groups in total. The summed E-state index contributed by atoms with van der Waals surface area (Å²) in [7, 11) is -3.94. The summed E-state index contributed by atoms with van der Waals surface area (Å²) in [5.41, 5.74) is -1.49. The van der Waals surface area contributed by atoms with Crippen molar-refractivity contribution in [2.45, 2.75) is 64.8 Å². The molecule has 25 heavy (non-hydrogen) atoms. The average Bonchev–Trinajstić information content (AvgIpc) is 2.84. The second-order valence-electron chi connectivity index (χ2n) is 6.65. The highest BCUT2D eigenvalue weighted by Crippen LogP contribution is 2.51. The zero-order valence-corrected chi connectivity index (χ0v) is 15.9. The molecule has 0 radical (unpaired) electrons. The van der Waals surface area contributed by atoms with E-state index in [1.807, 2.05) is 13.8 Å². The number of rotatable bonds is 6. The molecule has 0 aliphatic carbocycles. The number of hydrogen-bond acceptors (Lipinski definition) is 6. The van der Waals surface area contributed by atoms with Gasteiger partial charge in [0.2, 0.25) is 0 Å². The number of ether oxygens (including phenoxy) is 2. The third kappa shape index (κ3) is 4.48. The highest BCUT2D eigenvalue weighted by Gasteiger charge is 2.45. The molecule has 0 spiro atoms. The van der Waals surface area contributed by atoms with Crippen molar-refractivity contribution in [2.24, 2.45) is 0 Å². The van der Waals surface area contributed by atoms with Gasteiger partial charge in [0.25, 0.3) is 5.56 Å². The van der Waals surface area contributed by atoms with Gasteiger partial charge in [-0.05, 0) is 20.8 Å². The van der Waals surface area contributed by atoms with E-state index in [0.717, 1.165) is 4.57 Å². The van der Waals surface area contributed by atoms with E-state index in [-0.39, 0.29) is 12.7 Å². The van der Waals surface area contributed by atoms with Crippen LogP contribution in [0.15, 0.2) is 15.8 Å². The number of nitrogens with zero attached hydrogens (tertiary/aromatic N) is 1. The van der Waals surface area contributed by atoms with Crippen molar-refractivity contribution in [3.8, 4) is 0 Å². The fourth-order valence-electron chi connectivity index (χ4n) is 2.46. The number of aromatic amines is 1. The number of hydrogen-bond donors (Lipinski definition) is 2. The topological polar surface area (TPSA) is 120 Å². The van der Waals surface area contributed by atoms with Crippen LogP contribution < -0.4 is 11.2 Å². The van der Waals surface area contributed by atoms with E-state index in [9.17, 15) is 19.0 Å². The van der Waals surface area contributed by atoms with Crippen LogP contribution >= 0.6 is 7.60 Å². The molecule has 0 saturated carbocycles. The van der Waals surface area contributed by atoms with Crippen LogP contribution in [0.1, 0.15) is 39.5 Å². The molecular formula is C15H25N2O7P. The number of nitrogens with one attached hydrogen (secondary N) is 1. The molecule has 1 saturated heterocycles. The van der Waals surface area contributed by atoms with Crippen LogP contribution in [0.2, 0.25) is 0 Å². The Hall–Kier alpha value is -1.25. The maximum atomic E-state index is 12.4. The first kappa shape index (κ1) is 20.1. The molecule has 1 aromatic rings. The van der Waals surface area contributed by atoms with Crippen LogP contribution in [-0.2, 0) is 18.6 Å². The van der Waals surface area contributed by atoms with Crippen LogP contribution in [0.4, 0.5) is 0 Å². The van der Waals surface area contributed by atoms with Gasteiger partial charge in [0.1, 0.15) is 12.2 Å². The van der Waals surface area contributed by atoms with E-state index < -0.39 is 42.9 Å². The number of aromatic nitrogens is 2. The highest BCUT2D eigenvalue weighted by atomic mass is 31.2. The first-order valence-corrected chi connectivity index (χ1v) is 9.77. The summed E-state index contributed by atoms with van der Waals surface area (Å²) in [6.07, 6.45) is -1.39. The lowest BCUT2D eigenvalue weighted by Gasteiger charge is -2.28. The van der Waals surface area contributed by atoms with Gasteiger partial charge >= 0.3 is 13.3 Å². The Morgan fingerprint density at radius 2 is 2.00 bits per heavy atom. The molecule has 10 heteroatoms. The average molecular weight is 376 g/mol. The van der Waals surface area contributed by atoms with Gasteiger partial charge in [-0.15, -0.1) is 0 Å². The lowest BCUT2D eigenvalue weighted by molar-refractivity contribution is -0.0482. The maximum Gasteiger partial charge on any atom is 0.331 e. The SMILES string of the molecule is Cc1cn([C@@H]2OCC(OC(C)C)[C@@H]2OP(=O)(O)C(C)C)c(=O)[nH]c1=O. The quantitative estimate of drug-likeness (QED) is 0.715. The fourth-order valence-corrected chi connectivity index (χ4v) is 3.29. The molecule has 1 aromatic heterocycles. The summed E-state index contributed by atoms with van der Waals surface area (Å²) in [5.74, 6) is 0. The second kappa shape index (κ2) is 7.55. The zero-order chi connectivity index (χ0) is 18.9. The smallest absolute Gasteiger partial charge is 0.331 e. The zero-order valence-electron chi connectivity index (χ0n) is 15.0. The van der Waals surface area contributed by atoms with Gasteiger partial charge in [-0.3, -0.25) is 23.4 Å².